The summed E-state index contributed by atoms with van der Waals surface area (Å²) < 4.78 is 5.55. The van der Waals surface area contributed by atoms with Gasteiger partial charge in [-0.25, -0.2) is 9.97 Å². The number of rotatable bonds is 5. The molecule has 3 rings (SSSR count). The van der Waals surface area contributed by atoms with Crippen LogP contribution in [0.25, 0.3) is 11.3 Å². The number of hydrogen-bond donors (Lipinski definition) is 1. The SMILES string of the molecule is CCOc1cccc(-c2cc(C(N)=O)nc(N3CCCCC3)n2)c1. The minimum atomic E-state index is -0.544. The van der Waals surface area contributed by atoms with Crippen LogP contribution in [0.4, 0.5) is 5.95 Å². The highest BCUT2D eigenvalue weighted by Crippen LogP contribution is 2.25. The lowest BCUT2D eigenvalue weighted by Gasteiger charge is -2.27. The Labute approximate surface area is 141 Å². The lowest BCUT2D eigenvalue weighted by Crippen LogP contribution is -2.31. The van der Waals surface area contributed by atoms with Crippen molar-refractivity contribution in [2.75, 3.05) is 24.6 Å². The first kappa shape index (κ1) is 16.2. The lowest BCUT2D eigenvalue weighted by atomic mass is 10.1. The molecule has 2 N–H and O–H groups in total. The summed E-state index contributed by atoms with van der Waals surface area (Å²) >= 11 is 0. The number of carbonyl (C=O) groups excluding carboxylic acids is 1. The molecule has 6 nitrogen and oxygen atoms in total. The van der Waals surface area contributed by atoms with E-state index >= 15 is 0 Å². The molecule has 0 unspecified atom stereocenters. The Bertz CT molecular complexity index is 727. The first-order valence-electron chi connectivity index (χ1n) is 8.34. The van der Waals surface area contributed by atoms with Gasteiger partial charge in [-0.3, -0.25) is 4.79 Å². The fourth-order valence-electron chi connectivity index (χ4n) is 2.86. The van der Waals surface area contributed by atoms with E-state index in [1.165, 1.54) is 6.42 Å². The lowest BCUT2D eigenvalue weighted by molar-refractivity contribution is 0.0995. The molecule has 0 aliphatic carbocycles. The van der Waals surface area contributed by atoms with Crippen molar-refractivity contribution >= 4 is 11.9 Å². The fourth-order valence-corrected chi connectivity index (χ4v) is 2.86. The van der Waals surface area contributed by atoms with Crippen LogP contribution < -0.4 is 15.4 Å². The van der Waals surface area contributed by atoms with Gasteiger partial charge in [0, 0.05) is 18.7 Å². The molecular formula is C18H22N4O2. The summed E-state index contributed by atoms with van der Waals surface area (Å²) in [5.74, 6) is 0.800. The molecule has 1 saturated heterocycles. The van der Waals surface area contributed by atoms with E-state index in [2.05, 4.69) is 14.9 Å². The van der Waals surface area contributed by atoms with Crippen molar-refractivity contribution in [2.45, 2.75) is 26.2 Å². The van der Waals surface area contributed by atoms with Crippen molar-refractivity contribution in [2.24, 2.45) is 5.73 Å². The molecular weight excluding hydrogens is 304 g/mol. The molecule has 1 aromatic heterocycles. The molecule has 1 aliphatic rings. The number of anilines is 1. The minimum Gasteiger partial charge on any atom is -0.494 e. The third-order valence-corrected chi connectivity index (χ3v) is 4.05. The van der Waals surface area contributed by atoms with Crippen LogP contribution >= 0.6 is 0 Å². The number of aromatic nitrogens is 2. The van der Waals surface area contributed by atoms with Crippen LogP contribution in [0.1, 0.15) is 36.7 Å². The van der Waals surface area contributed by atoms with E-state index < -0.39 is 5.91 Å². The van der Waals surface area contributed by atoms with Crippen LogP contribution in [0.5, 0.6) is 5.75 Å². The average molecular weight is 326 g/mol. The standard InChI is InChI=1S/C18H22N4O2/c1-2-24-14-8-6-7-13(11-14)15-12-16(17(19)23)21-18(20-15)22-9-4-3-5-10-22/h6-8,11-12H,2-5,9-10H2,1H3,(H2,19,23). The maximum atomic E-state index is 11.7. The van der Waals surface area contributed by atoms with Crippen LogP contribution in [-0.2, 0) is 0 Å². The first-order chi connectivity index (χ1) is 11.7. The largest absolute Gasteiger partial charge is 0.494 e. The highest BCUT2D eigenvalue weighted by Gasteiger charge is 2.17. The van der Waals surface area contributed by atoms with Crippen molar-refractivity contribution in [3.8, 4) is 17.0 Å². The zero-order valence-corrected chi connectivity index (χ0v) is 13.9. The zero-order chi connectivity index (χ0) is 16.9. The number of piperidine rings is 1. The molecule has 2 aromatic rings. The minimum absolute atomic E-state index is 0.238. The predicted molar refractivity (Wildman–Crippen MR) is 93.2 cm³/mol. The van der Waals surface area contributed by atoms with Gasteiger partial charge >= 0.3 is 0 Å². The molecule has 6 heteroatoms. The van der Waals surface area contributed by atoms with Gasteiger partial charge in [-0.2, -0.15) is 0 Å². The first-order valence-corrected chi connectivity index (χ1v) is 8.34. The second kappa shape index (κ2) is 7.29. The number of nitrogens with zero attached hydrogens (tertiary/aromatic N) is 3. The third kappa shape index (κ3) is 3.64. The molecule has 126 valence electrons. The highest BCUT2D eigenvalue weighted by molar-refractivity contribution is 5.92. The van der Waals surface area contributed by atoms with Crippen LogP contribution in [0.2, 0.25) is 0 Å². The number of ether oxygens (including phenoxy) is 1. The molecule has 0 radical (unpaired) electrons. The summed E-state index contributed by atoms with van der Waals surface area (Å²) in [6.07, 6.45) is 3.44. The van der Waals surface area contributed by atoms with Gasteiger partial charge in [0.05, 0.1) is 12.3 Å². The molecule has 0 spiro atoms. The van der Waals surface area contributed by atoms with Gasteiger partial charge < -0.3 is 15.4 Å². The smallest absolute Gasteiger partial charge is 0.267 e. The fraction of sp³-hybridized carbons (Fsp3) is 0.389. The van der Waals surface area contributed by atoms with Crippen molar-refractivity contribution in [3.05, 3.63) is 36.0 Å². The van der Waals surface area contributed by atoms with Crippen molar-refractivity contribution in [1.29, 1.82) is 0 Å². The summed E-state index contributed by atoms with van der Waals surface area (Å²) in [6.45, 7) is 4.34. The Balaban J connectivity index is 2.01. The number of carbonyl (C=O) groups is 1. The molecule has 1 amide bonds. The third-order valence-electron chi connectivity index (χ3n) is 4.05. The van der Waals surface area contributed by atoms with Gasteiger partial charge in [0.15, 0.2) is 0 Å². The van der Waals surface area contributed by atoms with Crippen molar-refractivity contribution in [3.63, 3.8) is 0 Å². The second-order valence-electron chi connectivity index (χ2n) is 5.81. The van der Waals surface area contributed by atoms with E-state index in [0.717, 1.165) is 37.2 Å². The van der Waals surface area contributed by atoms with Crippen LogP contribution in [0.15, 0.2) is 30.3 Å². The number of amides is 1. The average Bonchev–Trinajstić information content (AvgIpc) is 2.62. The molecule has 0 atom stereocenters. The zero-order valence-electron chi connectivity index (χ0n) is 13.9. The Hall–Kier alpha value is -2.63. The number of benzene rings is 1. The maximum Gasteiger partial charge on any atom is 0.267 e. The van der Waals surface area contributed by atoms with Crippen LogP contribution in [-0.4, -0.2) is 35.6 Å². The molecule has 1 aliphatic heterocycles. The monoisotopic (exact) mass is 326 g/mol. The summed E-state index contributed by atoms with van der Waals surface area (Å²) in [7, 11) is 0. The molecule has 24 heavy (non-hydrogen) atoms. The van der Waals surface area contributed by atoms with E-state index in [0.29, 0.717) is 18.2 Å². The molecule has 0 saturated carbocycles. The molecule has 0 bridgehead atoms. The Morgan fingerprint density at radius 3 is 2.71 bits per heavy atom. The topological polar surface area (TPSA) is 81.3 Å². The van der Waals surface area contributed by atoms with Gasteiger partial charge in [0.2, 0.25) is 5.95 Å². The maximum absolute atomic E-state index is 11.7. The Morgan fingerprint density at radius 2 is 2.00 bits per heavy atom. The Morgan fingerprint density at radius 1 is 1.21 bits per heavy atom. The number of nitrogens with two attached hydrogens (primary N) is 1. The van der Waals surface area contributed by atoms with Gasteiger partial charge in [-0.1, -0.05) is 12.1 Å². The number of hydrogen-bond acceptors (Lipinski definition) is 5. The van der Waals surface area contributed by atoms with Gasteiger partial charge in [-0.15, -0.1) is 0 Å². The van der Waals surface area contributed by atoms with E-state index in [4.69, 9.17) is 10.5 Å². The van der Waals surface area contributed by atoms with Crippen LogP contribution in [0, 0.1) is 0 Å². The predicted octanol–water partition coefficient (Wildman–Crippen LogP) is 2.63. The van der Waals surface area contributed by atoms with Crippen molar-refractivity contribution in [1.82, 2.24) is 9.97 Å². The Kier molecular flexibility index (Phi) is 4.93. The summed E-state index contributed by atoms with van der Waals surface area (Å²) in [6, 6.07) is 9.30. The van der Waals surface area contributed by atoms with Crippen LogP contribution in [0.3, 0.4) is 0 Å². The van der Waals surface area contributed by atoms with E-state index in [1.54, 1.807) is 6.07 Å². The molecule has 1 aromatic carbocycles. The normalized spacial score (nSPS) is 14.5. The summed E-state index contributed by atoms with van der Waals surface area (Å²) in [4.78, 5) is 22.8. The van der Waals surface area contributed by atoms with Crippen molar-refractivity contribution < 1.29 is 9.53 Å². The summed E-state index contributed by atoms with van der Waals surface area (Å²) in [5, 5.41) is 0. The second-order valence-corrected chi connectivity index (χ2v) is 5.81. The number of primary amides is 1. The summed E-state index contributed by atoms with van der Waals surface area (Å²) in [5.41, 5.74) is 7.26. The molecule has 2 heterocycles. The van der Waals surface area contributed by atoms with Gasteiger partial charge in [0.1, 0.15) is 11.4 Å². The highest BCUT2D eigenvalue weighted by atomic mass is 16.5. The van der Waals surface area contributed by atoms with E-state index in [-0.39, 0.29) is 5.69 Å². The van der Waals surface area contributed by atoms with Gasteiger partial charge in [-0.05, 0) is 44.4 Å². The van der Waals surface area contributed by atoms with E-state index in [1.807, 2.05) is 31.2 Å². The van der Waals surface area contributed by atoms with E-state index in [9.17, 15) is 4.79 Å². The molecule has 1 fully saturated rings. The van der Waals surface area contributed by atoms with Gasteiger partial charge in [0.25, 0.3) is 5.91 Å². The quantitative estimate of drug-likeness (QED) is 0.913.